The SMILES string of the molecule is COc1nc(-c2cccc(-c3ccnc(-c4cc5n(c4)NC(CNC4CC(C)(O)C4)N(C)C5=O)c3Cl)c2Cl)cc(Cl)c1CNC[C@@H]1CCC(=O)N1. The second-order valence-corrected chi connectivity index (χ2v) is 14.8. The van der Waals surface area contributed by atoms with Crippen molar-refractivity contribution in [2.24, 2.45) is 0 Å². The fourth-order valence-electron chi connectivity index (χ4n) is 7.02. The molecular weight excluding hydrogens is 715 g/mol. The predicted molar refractivity (Wildman–Crippen MR) is 198 cm³/mol. The van der Waals surface area contributed by atoms with E-state index >= 15 is 0 Å². The molecule has 0 bridgehead atoms. The Kier molecular flexibility index (Phi) is 9.92. The van der Waals surface area contributed by atoms with Gasteiger partial charge in [-0.3, -0.25) is 19.2 Å². The first-order chi connectivity index (χ1) is 24.4. The number of rotatable bonds is 11. The van der Waals surface area contributed by atoms with Crippen LogP contribution in [-0.2, 0) is 11.3 Å². The van der Waals surface area contributed by atoms with E-state index in [0.29, 0.717) is 105 Å². The zero-order chi connectivity index (χ0) is 36.0. The molecule has 3 aromatic heterocycles. The maximum absolute atomic E-state index is 13.4. The molecule has 1 saturated heterocycles. The maximum atomic E-state index is 13.4. The van der Waals surface area contributed by atoms with Crippen molar-refractivity contribution >= 4 is 46.6 Å². The molecule has 2 aliphatic heterocycles. The monoisotopic (exact) mass is 752 g/mol. The second-order valence-electron chi connectivity index (χ2n) is 13.7. The molecule has 7 rings (SSSR count). The van der Waals surface area contributed by atoms with Gasteiger partial charge in [0.15, 0.2) is 0 Å². The summed E-state index contributed by atoms with van der Waals surface area (Å²) >= 11 is 20.9. The molecular formula is C36H39Cl3N8O4. The van der Waals surface area contributed by atoms with E-state index in [1.807, 2.05) is 31.3 Å². The number of benzene rings is 1. The van der Waals surface area contributed by atoms with Crippen molar-refractivity contribution in [3.63, 3.8) is 0 Å². The number of fused-ring (bicyclic) bond motifs is 1. The number of likely N-dealkylation sites (N-methyl/N-ethyl adjacent to an activating group) is 1. The third-order valence-corrected chi connectivity index (χ3v) is 10.9. The lowest BCUT2D eigenvalue weighted by atomic mass is 9.77. The predicted octanol–water partition coefficient (Wildman–Crippen LogP) is 5.07. The summed E-state index contributed by atoms with van der Waals surface area (Å²) in [6.45, 7) is 3.37. The minimum absolute atomic E-state index is 0.0661. The summed E-state index contributed by atoms with van der Waals surface area (Å²) < 4.78 is 7.35. The molecule has 3 aliphatic rings. The maximum Gasteiger partial charge on any atom is 0.273 e. The number of aromatic nitrogens is 3. The fraction of sp³-hybridized carbons (Fsp3) is 0.389. The number of amides is 2. The molecule has 268 valence electrons. The van der Waals surface area contributed by atoms with E-state index in [0.717, 1.165) is 6.42 Å². The van der Waals surface area contributed by atoms with Crippen molar-refractivity contribution in [2.75, 3.05) is 32.7 Å². The van der Waals surface area contributed by atoms with Gasteiger partial charge >= 0.3 is 0 Å². The van der Waals surface area contributed by atoms with Crippen LogP contribution in [0, 0.1) is 0 Å². The third kappa shape index (κ3) is 7.13. The Morgan fingerprint density at radius 2 is 1.84 bits per heavy atom. The van der Waals surface area contributed by atoms with Crippen LogP contribution in [-0.4, -0.2) is 87.6 Å². The Labute approximate surface area is 310 Å². The van der Waals surface area contributed by atoms with Crippen LogP contribution in [0.4, 0.5) is 0 Å². The molecule has 2 atom stereocenters. The van der Waals surface area contributed by atoms with E-state index in [1.165, 1.54) is 0 Å². The van der Waals surface area contributed by atoms with Gasteiger partial charge in [0, 0.05) is 85.4 Å². The fourth-order valence-corrected chi connectivity index (χ4v) is 7.92. The number of hydrogen-bond acceptors (Lipinski definition) is 9. The highest BCUT2D eigenvalue weighted by Crippen LogP contribution is 2.43. The lowest BCUT2D eigenvalue weighted by Gasteiger charge is -2.43. The number of nitrogens with zero attached hydrogens (tertiary/aromatic N) is 4. The minimum Gasteiger partial charge on any atom is -0.481 e. The largest absolute Gasteiger partial charge is 0.481 e. The number of nitrogens with one attached hydrogen (secondary N) is 4. The van der Waals surface area contributed by atoms with E-state index in [9.17, 15) is 14.7 Å². The molecule has 51 heavy (non-hydrogen) atoms. The molecule has 2 fully saturated rings. The summed E-state index contributed by atoms with van der Waals surface area (Å²) in [4.78, 5) is 35.9. The topological polar surface area (TPSA) is 146 Å². The number of carbonyl (C=O) groups is 2. The smallest absolute Gasteiger partial charge is 0.273 e. The van der Waals surface area contributed by atoms with Crippen LogP contribution in [0.25, 0.3) is 33.6 Å². The summed E-state index contributed by atoms with van der Waals surface area (Å²) in [6, 6.07) is 11.2. The molecule has 2 amide bonds. The van der Waals surface area contributed by atoms with E-state index in [2.05, 4.69) is 26.4 Å². The van der Waals surface area contributed by atoms with Gasteiger partial charge in [0.2, 0.25) is 11.8 Å². The van der Waals surface area contributed by atoms with Gasteiger partial charge in [-0.2, -0.15) is 0 Å². The van der Waals surface area contributed by atoms with E-state index < -0.39 is 5.60 Å². The standard InChI is InChI=1S/C36H39Cl3N8O4/c1-36(50)13-21(14-36)42-17-29-45-47-18-19(11-28(47)35(49)46(29)2)33-32(39)23(9-10-41-33)22-5-4-6-24(31(22)38)27-12-26(37)25(34(44-27)51-3)16-40-15-20-7-8-30(48)43-20/h4-6,9-12,18,20-21,29,40,42,45,50H,7-8,13-17H2,1-3H3,(H,43,48)/t20-,21?,29?,36?/m0/s1. The van der Waals surface area contributed by atoms with Crippen LogP contribution >= 0.6 is 34.8 Å². The summed E-state index contributed by atoms with van der Waals surface area (Å²) in [5.41, 5.74) is 7.58. The number of carbonyl (C=O) groups excluding carboxylic acids is 2. The first-order valence-electron chi connectivity index (χ1n) is 16.8. The molecule has 0 radical (unpaired) electrons. The van der Waals surface area contributed by atoms with Crippen LogP contribution in [0.5, 0.6) is 5.88 Å². The number of hydrogen-bond donors (Lipinski definition) is 5. The lowest BCUT2D eigenvalue weighted by molar-refractivity contribution is -0.119. The van der Waals surface area contributed by atoms with Gasteiger partial charge in [0.05, 0.1) is 39.2 Å². The Morgan fingerprint density at radius 3 is 2.57 bits per heavy atom. The highest BCUT2D eigenvalue weighted by molar-refractivity contribution is 6.39. The van der Waals surface area contributed by atoms with Gasteiger partial charge < -0.3 is 36.1 Å². The molecule has 15 heteroatoms. The summed E-state index contributed by atoms with van der Waals surface area (Å²) in [6.07, 6.45) is 5.87. The van der Waals surface area contributed by atoms with Crippen molar-refractivity contribution in [2.45, 2.75) is 63.0 Å². The Morgan fingerprint density at radius 1 is 1.08 bits per heavy atom. The van der Waals surface area contributed by atoms with Gasteiger partial charge in [-0.25, -0.2) is 4.98 Å². The Balaban J connectivity index is 1.12. The second kappa shape index (κ2) is 14.3. The van der Waals surface area contributed by atoms with Crippen molar-refractivity contribution in [1.29, 1.82) is 0 Å². The first kappa shape index (κ1) is 35.5. The Hall–Kier alpha value is -3.91. The molecule has 1 aromatic carbocycles. The van der Waals surface area contributed by atoms with Gasteiger partial charge in [-0.05, 0) is 44.4 Å². The summed E-state index contributed by atoms with van der Waals surface area (Å²) in [5, 5.41) is 21.1. The van der Waals surface area contributed by atoms with Gasteiger partial charge in [-0.1, -0.05) is 53.0 Å². The first-order valence-corrected chi connectivity index (χ1v) is 18.0. The number of methoxy groups -OCH3 is 1. The molecule has 0 spiro atoms. The average molecular weight is 754 g/mol. The molecule has 1 saturated carbocycles. The Bertz CT molecular complexity index is 2000. The zero-order valence-corrected chi connectivity index (χ0v) is 30.7. The number of ether oxygens (including phenoxy) is 1. The van der Waals surface area contributed by atoms with Crippen molar-refractivity contribution < 1.29 is 19.4 Å². The minimum atomic E-state index is -0.631. The van der Waals surface area contributed by atoms with Gasteiger partial charge in [0.1, 0.15) is 11.9 Å². The normalized spacial score (nSPS) is 22.7. The highest BCUT2D eigenvalue weighted by atomic mass is 35.5. The molecule has 5 heterocycles. The molecule has 1 aliphatic carbocycles. The number of halogens is 3. The molecule has 4 aromatic rings. The average Bonchev–Trinajstić information content (AvgIpc) is 3.71. The quantitative estimate of drug-likeness (QED) is 0.142. The molecule has 12 nitrogen and oxygen atoms in total. The zero-order valence-electron chi connectivity index (χ0n) is 28.4. The van der Waals surface area contributed by atoms with Crippen molar-refractivity contribution in [1.82, 2.24) is 35.5 Å². The summed E-state index contributed by atoms with van der Waals surface area (Å²) in [5.74, 6) is 0.296. The van der Waals surface area contributed by atoms with Crippen LogP contribution in [0.15, 0.2) is 48.8 Å². The number of aliphatic hydroxyl groups is 1. The van der Waals surface area contributed by atoms with E-state index in [1.54, 1.807) is 48.1 Å². The van der Waals surface area contributed by atoms with Crippen molar-refractivity contribution in [3.05, 3.63) is 75.1 Å². The van der Waals surface area contributed by atoms with Crippen LogP contribution < -0.4 is 26.1 Å². The van der Waals surface area contributed by atoms with Crippen molar-refractivity contribution in [3.8, 4) is 39.5 Å². The third-order valence-electron chi connectivity index (χ3n) is 9.82. The molecule has 1 unspecified atom stereocenters. The lowest BCUT2D eigenvalue weighted by Crippen LogP contribution is -2.59. The van der Waals surface area contributed by atoms with Crippen LogP contribution in [0.3, 0.4) is 0 Å². The van der Waals surface area contributed by atoms with E-state index in [4.69, 9.17) is 44.5 Å². The van der Waals surface area contributed by atoms with Crippen LogP contribution in [0.1, 0.15) is 48.7 Å². The molecule has 5 N–H and O–H groups in total. The van der Waals surface area contributed by atoms with E-state index in [-0.39, 0.29) is 30.1 Å². The van der Waals surface area contributed by atoms with Gasteiger partial charge in [0.25, 0.3) is 5.91 Å². The highest BCUT2D eigenvalue weighted by Gasteiger charge is 2.39. The number of pyridine rings is 2. The van der Waals surface area contributed by atoms with Gasteiger partial charge in [-0.15, -0.1) is 0 Å². The summed E-state index contributed by atoms with van der Waals surface area (Å²) in [7, 11) is 3.30. The van der Waals surface area contributed by atoms with Crippen LogP contribution in [0.2, 0.25) is 15.1 Å².